The van der Waals surface area contributed by atoms with Crippen molar-refractivity contribution in [2.75, 3.05) is 12.9 Å². The van der Waals surface area contributed by atoms with Gasteiger partial charge in [-0.2, -0.15) is 8.42 Å². The Labute approximate surface area is 178 Å². The Morgan fingerprint density at radius 3 is 2.22 bits per heavy atom. The lowest BCUT2D eigenvalue weighted by Gasteiger charge is -2.37. The lowest BCUT2D eigenvalue weighted by Crippen LogP contribution is -2.42. The third-order valence-corrected chi connectivity index (χ3v) is 10.7. The summed E-state index contributed by atoms with van der Waals surface area (Å²) in [6, 6.07) is -0.0877. The molecule has 1 rings (SSSR count). The highest BCUT2D eigenvalue weighted by Crippen LogP contribution is 2.37. The fraction of sp³-hybridized carbons (Fsp3) is 0.824. The van der Waals surface area contributed by atoms with E-state index < -0.39 is 18.4 Å². The number of ether oxygens (including phenoxy) is 1. The minimum Gasteiger partial charge on any atom is -0.473 e. The molecule has 1 atom stereocenters. The van der Waals surface area contributed by atoms with Crippen LogP contribution in [0.1, 0.15) is 53.3 Å². The van der Waals surface area contributed by atoms with Gasteiger partial charge in [0.1, 0.15) is 10.2 Å². The Morgan fingerprint density at radius 2 is 1.78 bits per heavy atom. The molecule has 0 bridgehead atoms. The van der Waals surface area contributed by atoms with E-state index in [9.17, 15) is 8.42 Å². The van der Waals surface area contributed by atoms with Crippen LogP contribution >= 0.6 is 22.6 Å². The smallest absolute Gasteiger partial charge is 0.264 e. The Morgan fingerprint density at radius 1 is 1.22 bits per heavy atom. The van der Waals surface area contributed by atoms with E-state index in [1.54, 1.807) is 4.68 Å². The van der Waals surface area contributed by atoms with Gasteiger partial charge in [0.2, 0.25) is 5.88 Å². The monoisotopic (exact) mass is 532 g/mol. The van der Waals surface area contributed by atoms with Crippen molar-refractivity contribution in [1.29, 1.82) is 0 Å². The van der Waals surface area contributed by atoms with Gasteiger partial charge in [-0.05, 0) is 61.5 Å². The standard InChI is InChI=1S/C17H33IN2O5SSi/c1-12(2)25-16-15(18)14(11-23-26(7,21)22)20(19-16)13(3)10-24-27(8,9)17(4,5)6/h12-13H,10-11H2,1-9H3. The van der Waals surface area contributed by atoms with Gasteiger partial charge in [-0.15, -0.1) is 5.10 Å². The molecule has 7 nitrogen and oxygen atoms in total. The largest absolute Gasteiger partial charge is 0.473 e. The Hall–Kier alpha value is -0.173. The van der Waals surface area contributed by atoms with E-state index in [-0.39, 0.29) is 23.8 Å². The van der Waals surface area contributed by atoms with Crippen LogP contribution in [-0.2, 0) is 25.3 Å². The molecule has 0 fully saturated rings. The molecule has 0 saturated carbocycles. The number of rotatable bonds is 9. The van der Waals surface area contributed by atoms with Crippen LogP contribution in [0.3, 0.4) is 0 Å². The quantitative estimate of drug-likeness (QED) is 0.268. The third-order valence-electron chi connectivity index (χ3n) is 4.58. The number of aromatic nitrogens is 2. The molecular weight excluding hydrogens is 499 g/mol. The zero-order valence-corrected chi connectivity index (χ0v) is 21.8. The van der Waals surface area contributed by atoms with Crippen molar-refractivity contribution in [1.82, 2.24) is 9.78 Å². The minimum atomic E-state index is -3.56. The van der Waals surface area contributed by atoms with Crippen LogP contribution in [0.4, 0.5) is 0 Å². The van der Waals surface area contributed by atoms with Crippen LogP contribution < -0.4 is 4.74 Å². The van der Waals surface area contributed by atoms with E-state index in [1.165, 1.54) is 0 Å². The molecule has 1 heterocycles. The van der Waals surface area contributed by atoms with Gasteiger partial charge in [0.05, 0.1) is 30.7 Å². The first kappa shape index (κ1) is 24.9. The molecule has 1 aromatic rings. The second-order valence-electron chi connectivity index (χ2n) is 8.56. The van der Waals surface area contributed by atoms with Crippen LogP contribution in [0.5, 0.6) is 5.88 Å². The molecule has 0 spiro atoms. The predicted molar refractivity (Wildman–Crippen MR) is 118 cm³/mol. The predicted octanol–water partition coefficient (Wildman–Crippen LogP) is 4.33. The highest BCUT2D eigenvalue weighted by molar-refractivity contribution is 14.1. The summed E-state index contributed by atoms with van der Waals surface area (Å²) in [6.45, 7) is 17.2. The Bertz CT molecular complexity index is 741. The van der Waals surface area contributed by atoms with Crippen LogP contribution in [0.15, 0.2) is 0 Å². The molecule has 0 aliphatic carbocycles. The second-order valence-corrected chi connectivity index (χ2v) is 16.1. The first-order valence-electron chi connectivity index (χ1n) is 8.97. The van der Waals surface area contributed by atoms with Crippen LogP contribution in [0, 0.1) is 3.57 Å². The summed E-state index contributed by atoms with van der Waals surface area (Å²) < 4.78 is 42.5. The Kier molecular flexibility index (Phi) is 8.38. The third kappa shape index (κ3) is 7.30. The van der Waals surface area contributed by atoms with Gasteiger partial charge in [0.15, 0.2) is 8.32 Å². The average molecular weight is 533 g/mol. The van der Waals surface area contributed by atoms with Crippen LogP contribution in [0.25, 0.3) is 0 Å². The number of hydrogen-bond acceptors (Lipinski definition) is 6. The lowest BCUT2D eigenvalue weighted by atomic mass is 10.2. The van der Waals surface area contributed by atoms with Crippen molar-refractivity contribution in [3.05, 3.63) is 9.26 Å². The lowest BCUT2D eigenvalue weighted by molar-refractivity contribution is 0.208. The first-order valence-corrected chi connectivity index (χ1v) is 14.8. The molecule has 0 amide bonds. The van der Waals surface area contributed by atoms with Crippen molar-refractivity contribution in [2.24, 2.45) is 0 Å². The molecule has 0 saturated heterocycles. The summed E-state index contributed by atoms with van der Waals surface area (Å²) >= 11 is 2.12. The van der Waals surface area contributed by atoms with E-state index >= 15 is 0 Å². The summed E-state index contributed by atoms with van der Waals surface area (Å²) in [4.78, 5) is 0. The maximum absolute atomic E-state index is 11.4. The van der Waals surface area contributed by atoms with E-state index in [0.29, 0.717) is 18.2 Å². The first-order chi connectivity index (χ1) is 12.0. The van der Waals surface area contributed by atoms with E-state index in [1.807, 2.05) is 20.8 Å². The van der Waals surface area contributed by atoms with Crippen LogP contribution in [-0.4, -0.2) is 45.5 Å². The van der Waals surface area contributed by atoms with Crippen molar-refractivity contribution >= 4 is 41.0 Å². The van der Waals surface area contributed by atoms with E-state index in [0.717, 1.165) is 9.83 Å². The van der Waals surface area contributed by atoms with Crippen molar-refractivity contribution < 1.29 is 21.8 Å². The summed E-state index contributed by atoms with van der Waals surface area (Å²) in [5, 5.41) is 4.67. The maximum atomic E-state index is 11.4. The van der Waals surface area contributed by atoms with Gasteiger partial charge in [-0.3, -0.25) is 8.86 Å². The molecular formula is C17H33IN2O5SSi. The topological polar surface area (TPSA) is 79.7 Å². The molecule has 158 valence electrons. The molecule has 0 aliphatic rings. The van der Waals surface area contributed by atoms with Crippen molar-refractivity contribution in [3.63, 3.8) is 0 Å². The molecule has 1 unspecified atom stereocenters. The highest BCUT2D eigenvalue weighted by Gasteiger charge is 2.37. The SMILES string of the molecule is CC(C)Oc1nn(C(C)CO[Si](C)(C)C(C)(C)C)c(COS(C)(=O)=O)c1I. The molecule has 0 N–H and O–H groups in total. The zero-order chi connectivity index (χ0) is 21.2. The van der Waals surface area contributed by atoms with Gasteiger partial charge < -0.3 is 9.16 Å². The fourth-order valence-corrected chi connectivity index (χ4v) is 4.05. The summed E-state index contributed by atoms with van der Waals surface area (Å²) in [5.41, 5.74) is 0.669. The van der Waals surface area contributed by atoms with Gasteiger partial charge in [0.25, 0.3) is 10.1 Å². The maximum Gasteiger partial charge on any atom is 0.264 e. The molecule has 10 heteroatoms. The fourth-order valence-electron chi connectivity index (χ4n) is 2.00. The molecule has 0 radical (unpaired) electrons. The summed E-state index contributed by atoms with van der Waals surface area (Å²) in [7, 11) is -5.46. The van der Waals surface area contributed by atoms with Gasteiger partial charge in [0, 0.05) is 0 Å². The minimum absolute atomic E-state index is 0.0377. The summed E-state index contributed by atoms with van der Waals surface area (Å²) in [6.07, 6.45) is 1.00. The average Bonchev–Trinajstić information content (AvgIpc) is 2.77. The number of hydrogen-bond donors (Lipinski definition) is 0. The van der Waals surface area contributed by atoms with Crippen molar-refractivity contribution in [2.45, 2.75) is 78.4 Å². The number of nitrogens with zero attached hydrogens (tertiary/aromatic N) is 2. The van der Waals surface area contributed by atoms with Gasteiger partial charge in [-0.1, -0.05) is 20.8 Å². The van der Waals surface area contributed by atoms with E-state index in [2.05, 4.69) is 61.6 Å². The second kappa shape index (κ2) is 9.10. The highest BCUT2D eigenvalue weighted by atomic mass is 127. The molecule has 27 heavy (non-hydrogen) atoms. The summed E-state index contributed by atoms with van der Waals surface area (Å²) in [5.74, 6) is 0.483. The van der Waals surface area contributed by atoms with Crippen molar-refractivity contribution in [3.8, 4) is 5.88 Å². The van der Waals surface area contributed by atoms with E-state index in [4.69, 9.17) is 13.3 Å². The molecule has 0 aromatic carbocycles. The van der Waals surface area contributed by atoms with Gasteiger partial charge in [-0.25, -0.2) is 0 Å². The van der Waals surface area contributed by atoms with Gasteiger partial charge >= 0.3 is 0 Å². The zero-order valence-electron chi connectivity index (χ0n) is 17.8. The normalized spacial score (nSPS) is 14.6. The Balaban J connectivity index is 3.11. The molecule has 1 aromatic heterocycles. The van der Waals surface area contributed by atoms with Crippen LogP contribution in [0.2, 0.25) is 18.1 Å². The number of halogens is 1. The molecule has 0 aliphatic heterocycles.